The van der Waals surface area contributed by atoms with E-state index in [-0.39, 0.29) is 5.91 Å². The molecule has 1 heterocycles. The van der Waals surface area contributed by atoms with Crippen molar-refractivity contribution >= 4 is 17.7 Å². The van der Waals surface area contributed by atoms with Gasteiger partial charge in [-0.25, -0.2) is 4.98 Å². The van der Waals surface area contributed by atoms with Crippen LogP contribution in [0, 0.1) is 0 Å². The first-order valence-electron chi connectivity index (χ1n) is 8.00. The van der Waals surface area contributed by atoms with Crippen molar-refractivity contribution in [2.75, 3.05) is 5.32 Å². The van der Waals surface area contributed by atoms with E-state index in [4.69, 9.17) is 0 Å². The van der Waals surface area contributed by atoms with Crippen LogP contribution >= 0.6 is 0 Å². The first-order chi connectivity index (χ1) is 12.2. The molecule has 0 saturated heterocycles. The quantitative estimate of drug-likeness (QED) is 0.647. The normalized spacial score (nSPS) is 12.2. The summed E-state index contributed by atoms with van der Waals surface area (Å²) in [7, 11) is 0. The Morgan fingerprint density at radius 2 is 1.92 bits per heavy atom. The monoisotopic (exact) mass is 333 g/mol. The molecule has 0 radical (unpaired) electrons. The number of rotatable bonds is 6. The van der Waals surface area contributed by atoms with Gasteiger partial charge in [-0.05, 0) is 29.3 Å². The number of aliphatic hydroxyl groups excluding tert-OH is 1. The summed E-state index contributed by atoms with van der Waals surface area (Å²) in [6.07, 6.45) is 6.29. The van der Waals surface area contributed by atoms with Crippen molar-refractivity contribution in [3.8, 4) is 0 Å². The van der Waals surface area contributed by atoms with Crippen LogP contribution in [-0.4, -0.2) is 21.0 Å². The second kappa shape index (κ2) is 8.08. The van der Waals surface area contributed by atoms with Gasteiger partial charge in [0.1, 0.15) is 11.9 Å². The van der Waals surface area contributed by atoms with E-state index in [9.17, 15) is 9.90 Å². The van der Waals surface area contributed by atoms with Gasteiger partial charge in [0.15, 0.2) is 0 Å². The van der Waals surface area contributed by atoms with Gasteiger partial charge in [0.2, 0.25) is 5.91 Å². The number of carbonyl (C=O) groups excluding carboxylic acids is 1. The number of hydrogen-bond acceptors (Lipinski definition) is 3. The number of aromatic amines is 1. The Hall–Kier alpha value is -3.18. The Morgan fingerprint density at radius 1 is 1.16 bits per heavy atom. The zero-order valence-corrected chi connectivity index (χ0v) is 13.6. The zero-order valence-electron chi connectivity index (χ0n) is 13.6. The predicted octanol–water partition coefficient (Wildman–Crippen LogP) is 3.34. The number of carbonyl (C=O) groups is 1. The van der Waals surface area contributed by atoms with Crippen molar-refractivity contribution in [3.63, 3.8) is 0 Å². The minimum absolute atomic E-state index is 0.0530. The van der Waals surface area contributed by atoms with E-state index in [0.29, 0.717) is 12.2 Å². The first-order valence-corrected chi connectivity index (χ1v) is 8.00. The van der Waals surface area contributed by atoms with Gasteiger partial charge in [-0.1, -0.05) is 48.5 Å². The maximum absolute atomic E-state index is 12.0. The van der Waals surface area contributed by atoms with Crippen LogP contribution in [0.1, 0.15) is 23.1 Å². The number of hydrogen-bond donors (Lipinski definition) is 3. The molecule has 1 amide bonds. The Morgan fingerprint density at radius 3 is 2.60 bits per heavy atom. The number of anilines is 1. The molecule has 1 aromatic heterocycles. The number of aromatic nitrogens is 2. The van der Waals surface area contributed by atoms with Crippen LogP contribution in [-0.2, 0) is 11.2 Å². The smallest absolute Gasteiger partial charge is 0.228 e. The summed E-state index contributed by atoms with van der Waals surface area (Å²) in [6.45, 7) is 0. The highest BCUT2D eigenvalue weighted by Crippen LogP contribution is 2.13. The third-order valence-electron chi connectivity index (χ3n) is 3.67. The molecule has 3 rings (SSSR count). The summed E-state index contributed by atoms with van der Waals surface area (Å²) >= 11 is 0. The van der Waals surface area contributed by atoms with E-state index in [2.05, 4.69) is 15.3 Å². The lowest BCUT2D eigenvalue weighted by Crippen LogP contribution is -2.14. The number of amides is 1. The minimum atomic E-state index is -0.772. The Bertz CT molecular complexity index is 825. The molecule has 0 saturated carbocycles. The molecule has 0 aliphatic heterocycles. The van der Waals surface area contributed by atoms with Gasteiger partial charge in [0.25, 0.3) is 0 Å². The fraction of sp³-hybridized carbons (Fsp3) is 0.100. The fourth-order valence-electron chi connectivity index (χ4n) is 2.39. The Balaban J connectivity index is 1.56. The lowest BCUT2D eigenvalue weighted by molar-refractivity contribution is -0.115. The molecule has 3 aromatic rings. The van der Waals surface area contributed by atoms with Crippen LogP contribution in [0.25, 0.3) is 6.08 Å². The number of nitrogens with one attached hydrogen (secondary N) is 2. The average molecular weight is 333 g/mol. The topological polar surface area (TPSA) is 78.0 Å². The number of aliphatic hydroxyl groups is 1. The lowest BCUT2D eigenvalue weighted by atomic mass is 10.1. The van der Waals surface area contributed by atoms with Gasteiger partial charge in [0.05, 0.1) is 6.42 Å². The molecule has 0 bridgehead atoms. The van der Waals surface area contributed by atoms with Gasteiger partial charge in [-0.2, -0.15) is 0 Å². The number of benzene rings is 2. The van der Waals surface area contributed by atoms with E-state index >= 15 is 0 Å². The fourth-order valence-corrected chi connectivity index (χ4v) is 2.39. The van der Waals surface area contributed by atoms with Crippen molar-refractivity contribution in [1.29, 1.82) is 0 Å². The standard InChI is InChI=1S/C20H19N3O2/c24-18(20-21-12-13-22-20)11-10-15-6-8-16(9-7-15)14-19(25)23-17-4-2-1-3-5-17/h1-13,18,24H,14H2,(H,21,22)(H,23,25)/b11-10+. The molecule has 0 spiro atoms. The molecule has 5 nitrogen and oxygen atoms in total. The Labute approximate surface area is 146 Å². The van der Waals surface area contributed by atoms with Crippen LogP contribution in [0.3, 0.4) is 0 Å². The molecule has 0 fully saturated rings. The number of para-hydroxylation sites is 1. The van der Waals surface area contributed by atoms with Gasteiger partial charge in [0, 0.05) is 18.1 Å². The molecular weight excluding hydrogens is 314 g/mol. The molecule has 126 valence electrons. The van der Waals surface area contributed by atoms with E-state index in [0.717, 1.165) is 16.8 Å². The Kier molecular flexibility index (Phi) is 5.39. The van der Waals surface area contributed by atoms with Crippen LogP contribution in [0.5, 0.6) is 0 Å². The van der Waals surface area contributed by atoms with Gasteiger partial charge in [-0.3, -0.25) is 4.79 Å². The molecule has 1 atom stereocenters. The summed E-state index contributed by atoms with van der Waals surface area (Å²) in [6, 6.07) is 17.0. The SMILES string of the molecule is O=C(Cc1ccc(/C=C/C(O)c2ncc[nH]2)cc1)Nc1ccccc1. The molecule has 5 heteroatoms. The van der Waals surface area contributed by atoms with E-state index in [1.165, 1.54) is 0 Å². The van der Waals surface area contributed by atoms with Crippen molar-refractivity contribution in [2.24, 2.45) is 0 Å². The number of nitrogens with zero attached hydrogens (tertiary/aromatic N) is 1. The second-order valence-corrected chi connectivity index (χ2v) is 5.61. The summed E-state index contributed by atoms with van der Waals surface area (Å²) in [5.41, 5.74) is 2.66. The lowest BCUT2D eigenvalue weighted by Gasteiger charge is -2.05. The first kappa shape index (κ1) is 16.7. The van der Waals surface area contributed by atoms with E-state index in [1.807, 2.05) is 60.7 Å². The highest BCUT2D eigenvalue weighted by atomic mass is 16.3. The molecule has 3 N–H and O–H groups in total. The predicted molar refractivity (Wildman–Crippen MR) is 97.8 cm³/mol. The molecule has 0 aliphatic carbocycles. The highest BCUT2D eigenvalue weighted by molar-refractivity contribution is 5.92. The van der Waals surface area contributed by atoms with Crippen LogP contribution in [0.15, 0.2) is 73.1 Å². The summed E-state index contributed by atoms with van der Waals surface area (Å²) in [4.78, 5) is 18.9. The largest absolute Gasteiger partial charge is 0.381 e. The maximum atomic E-state index is 12.0. The van der Waals surface area contributed by atoms with Gasteiger partial charge >= 0.3 is 0 Å². The van der Waals surface area contributed by atoms with Gasteiger partial charge in [-0.15, -0.1) is 0 Å². The van der Waals surface area contributed by atoms with Crippen LogP contribution in [0.2, 0.25) is 0 Å². The second-order valence-electron chi connectivity index (χ2n) is 5.61. The van der Waals surface area contributed by atoms with Crippen molar-refractivity contribution in [2.45, 2.75) is 12.5 Å². The van der Waals surface area contributed by atoms with E-state index < -0.39 is 6.10 Å². The van der Waals surface area contributed by atoms with Crippen LogP contribution < -0.4 is 5.32 Å². The summed E-state index contributed by atoms with van der Waals surface area (Å²) in [5, 5.41) is 12.8. The number of imidazole rings is 1. The molecule has 2 aromatic carbocycles. The van der Waals surface area contributed by atoms with Crippen molar-refractivity contribution < 1.29 is 9.90 Å². The third-order valence-corrected chi connectivity index (χ3v) is 3.67. The maximum Gasteiger partial charge on any atom is 0.228 e. The number of H-pyrrole nitrogens is 1. The van der Waals surface area contributed by atoms with Crippen molar-refractivity contribution in [3.05, 3.63) is 90.0 Å². The van der Waals surface area contributed by atoms with Gasteiger partial charge < -0.3 is 15.4 Å². The summed E-state index contributed by atoms with van der Waals surface area (Å²) in [5.74, 6) is 0.452. The molecule has 25 heavy (non-hydrogen) atoms. The minimum Gasteiger partial charge on any atom is -0.381 e. The molecule has 0 aliphatic rings. The van der Waals surface area contributed by atoms with E-state index in [1.54, 1.807) is 18.5 Å². The highest BCUT2D eigenvalue weighted by Gasteiger charge is 2.05. The average Bonchev–Trinajstić information content (AvgIpc) is 3.16. The van der Waals surface area contributed by atoms with Crippen LogP contribution in [0.4, 0.5) is 5.69 Å². The molecular formula is C20H19N3O2. The van der Waals surface area contributed by atoms with Crippen molar-refractivity contribution in [1.82, 2.24) is 9.97 Å². The third kappa shape index (κ3) is 4.89. The molecule has 1 unspecified atom stereocenters. The summed E-state index contributed by atoms with van der Waals surface area (Å²) < 4.78 is 0. The zero-order chi connectivity index (χ0) is 17.5.